The first-order valence-corrected chi connectivity index (χ1v) is 7.03. The standard InChI is InChI=1S/C15H20FN3O3/c1-11-9-12(6-7-13(11)16)10-22-8-4-3-5-14(18-19-17)15(20)21-2/h6-7,9,14H,3-5,8,10H2,1-2H3/t14-/m1/s1. The van der Waals surface area contributed by atoms with E-state index in [9.17, 15) is 9.18 Å². The summed E-state index contributed by atoms with van der Waals surface area (Å²) in [5.41, 5.74) is 9.90. The van der Waals surface area contributed by atoms with E-state index in [0.29, 0.717) is 31.6 Å². The van der Waals surface area contributed by atoms with E-state index in [4.69, 9.17) is 10.3 Å². The smallest absolute Gasteiger partial charge is 0.314 e. The summed E-state index contributed by atoms with van der Waals surface area (Å²) in [6.07, 6.45) is 1.84. The number of azide groups is 1. The number of nitrogens with zero attached hydrogens (tertiary/aromatic N) is 3. The highest BCUT2D eigenvalue weighted by Gasteiger charge is 2.16. The quantitative estimate of drug-likeness (QED) is 0.229. The lowest BCUT2D eigenvalue weighted by atomic mass is 10.1. The summed E-state index contributed by atoms with van der Waals surface area (Å²) in [6, 6.07) is 4.09. The number of unbranched alkanes of at least 4 members (excludes halogenated alkanes) is 1. The topological polar surface area (TPSA) is 84.3 Å². The molecule has 0 heterocycles. The van der Waals surface area contributed by atoms with Gasteiger partial charge in [0.05, 0.1) is 13.7 Å². The summed E-state index contributed by atoms with van der Waals surface area (Å²) in [7, 11) is 1.26. The van der Waals surface area contributed by atoms with E-state index in [1.165, 1.54) is 13.2 Å². The number of aryl methyl sites for hydroxylation is 1. The predicted octanol–water partition coefficient (Wildman–Crippen LogP) is 3.67. The number of carbonyl (C=O) groups excluding carboxylic acids is 1. The Bertz CT molecular complexity index is 545. The van der Waals surface area contributed by atoms with Crippen molar-refractivity contribution in [3.05, 3.63) is 45.6 Å². The van der Waals surface area contributed by atoms with Crippen molar-refractivity contribution in [2.24, 2.45) is 5.11 Å². The molecule has 0 saturated carbocycles. The molecule has 6 nitrogen and oxygen atoms in total. The number of esters is 1. The van der Waals surface area contributed by atoms with E-state index in [0.717, 1.165) is 12.0 Å². The van der Waals surface area contributed by atoms with Crippen molar-refractivity contribution in [3.8, 4) is 0 Å². The minimum atomic E-state index is -0.783. The van der Waals surface area contributed by atoms with Gasteiger partial charge in [-0.05, 0) is 42.5 Å². The molecule has 120 valence electrons. The van der Waals surface area contributed by atoms with Gasteiger partial charge in [0.2, 0.25) is 0 Å². The Kier molecular flexibility index (Phi) is 7.96. The number of rotatable bonds is 9. The molecular weight excluding hydrogens is 289 g/mol. The molecule has 1 rings (SSSR count). The van der Waals surface area contributed by atoms with Crippen molar-refractivity contribution in [3.63, 3.8) is 0 Å². The zero-order valence-corrected chi connectivity index (χ0v) is 12.8. The van der Waals surface area contributed by atoms with E-state index in [1.54, 1.807) is 19.1 Å². The first-order valence-electron chi connectivity index (χ1n) is 7.03. The lowest BCUT2D eigenvalue weighted by Crippen LogP contribution is -2.19. The average Bonchev–Trinajstić information content (AvgIpc) is 2.52. The molecule has 0 fully saturated rings. The molecule has 0 unspecified atom stereocenters. The highest BCUT2D eigenvalue weighted by molar-refractivity contribution is 5.75. The van der Waals surface area contributed by atoms with Crippen LogP contribution in [0.15, 0.2) is 23.3 Å². The Balaban J connectivity index is 2.23. The fourth-order valence-electron chi connectivity index (χ4n) is 1.95. The van der Waals surface area contributed by atoms with Crippen LogP contribution in [0.4, 0.5) is 4.39 Å². The molecule has 0 radical (unpaired) electrons. The molecule has 0 bridgehead atoms. The number of hydrogen-bond donors (Lipinski definition) is 0. The maximum Gasteiger partial charge on any atom is 0.314 e. The van der Waals surface area contributed by atoms with Gasteiger partial charge in [-0.15, -0.1) is 0 Å². The van der Waals surface area contributed by atoms with Crippen LogP contribution < -0.4 is 0 Å². The molecule has 22 heavy (non-hydrogen) atoms. The average molecular weight is 309 g/mol. The highest BCUT2D eigenvalue weighted by atomic mass is 19.1. The maximum atomic E-state index is 13.1. The van der Waals surface area contributed by atoms with Gasteiger partial charge in [0.15, 0.2) is 0 Å². The van der Waals surface area contributed by atoms with Crippen molar-refractivity contribution in [2.75, 3.05) is 13.7 Å². The molecule has 7 heteroatoms. The van der Waals surface area contributed by atoms with Crippen LogP contribution in [0.5, 0.6) is 0 Å². The minimum Gasteiger partial charge on any atom is -0.469 e. The predicted molar refractivity (Wildman–Crippen MR) is 79.6 cm³/mol. The molecule has 0 saturated heterocycles. The van der Waals surface area contributed by atoms with Gasteiger partial charge >= 0.3 is 5.97 Å². The number of hydrogen-bond acceptors (Lipinski definition) is 4. The summed E-state index contributed by atoms with van der Waals surface area (Å²) in [5, 5.41) is 3.41. The second-order valence-corrected chi connectivity index (χ2v) is 4.88. The minimum absolute atomic E-state index is 0.226. The Morgan fingerprint density at radius 1 is 1.45 bits per heavy atom. The number of methoxy groups -OCH3 is 1. The fourth-order valence-corrected chi connectivity index (χ4v) is 1.95. The Morgan fingerprint density at radius 2 is 2.23 bits per heavy atom. The molecule has 1 aromatic rings. The third-order valence-electron chi connectivity index (χ3n) is 3.17. The van der Waals surface area contributed by atoms with Crippen molar-refractivity contribution < 1.29 is 18.7 Å². The van der Waals surface area contributed by atoms with Crippen LogP contribution in [-0.2, 0) is 20.9 Å². The lowest BCUT2D eigenvalue weighted by Gasteiger charge is -2.09. The van der Waals surface area contributed by atoms with Crippen molar-refractivity contribution in [1.29, 1.82) is 0 Å². The SMILES string of the molecule is COC(=O)[C@@H](CCCCOCc1ccc(F)c(C)c1)N=[N+]=[N-]. The highest BCUT2D eigenvalue weighted by Crippen LogP contribution is 2.11. The normalized spacial score (nSPS) is 11.6. The Labute approximate surface area is 128 Å². The van der Waals surface area contributed by atoms with Crippen LogP contribution in [-0.4, -0.2) is 25.7 Å². The molecule has 0 spiro atoms. The Morgan fingerprint density at radius 3 is 2.86 bits per heavy atom. The number of carbonyl (C=O) groups is 1. The molecule has 0 N–H and O–H groups in total. The van der Waals surface area contributed by atoms with Crippen LogP contribution >= 0.6 is 0 Å². The molecule has 0 aliphatic heterocycles. The first kappa shape index (κ1) is 17.9. The Hall–Kier alpha value is -2.11. The van der Waals surface area contributed by atoms with Gasteiger partial charge in [-0.25, -0.2) is 4.39 Å². The van der Waals surface area contributed by atoms with Gasteiger partial charge in [0.1, 0.15) is 11.9 Å². The van der Waals surface area contributed by atoms with Crippen molar-refractivity contribution in [2.45, 2.75) is 38.8 Å². The summed E-state index contributed by atoms with van der Waals surface area (Å²) in [4.78, 5) is 14.0. The molecule has 1 aromatic carbocycles. The van der Waals surface area contributed by atoms with Crippen molar-refractivity contribution >= 4 is 5.97 Å². The van der Waals surface area contributed by atoms with Crippen LogP contribution in [0.3, 0.4) is 0 Å². The van der Waals surface area contributed by atoms with Crippen LogP contribution in [0.2, 0.25) is 0 Å². The zero-order valence-electron chi connectivity index (χ0n) is 12.8. The summed E-state index contributed by atoms with van der Waals surface area (Å²) >= 11 is 0. The van der Waals surface area contributed by atoms with Gasteiger partial charge in [0.25, 0.3) is 0 Å². The van der Waals surface area contributed by atoms with Gasteiger partial charge in [0, 0.05) is 11.5 Å². The molecule has 0 aliphatic carbocycles. The van der Waals surface area contributed by atoms with Crippen LogP contribution in [0.1, 0.15) is 30.4 Å². The number of halogens is 1. The lowest BCUT2D eigenvalue weighted by molar-refractivity contribution is -0.142. The van der Waals surface area contributed by atoms with E-state index >= 15 is 0 Å². The fraction of sp³-hybridized carbons (Fsp3) is 0.533. The van der Waals surface area contributed by atoms with Crippen molar-refractivity contribution in [1.82, 2.24) is 0 Å². The van der Waals surface area contributed by atoms with E-state index < -0.39 is 12.0 Å². The van der Waals surface area contributed by atoms with Crippen LogP contribution in [0.25, 0.3) is 10.4 Å². The number of ether oxygens (including phenoxy) is 2. The molecule has 0 amide bonds. The maximum absolute atomic E-state index is 13.1. The van der Waals surface area contributed by atoms with Gasteiger partial charge < -0.3 is 9.47 Å². The number of benzene rings is 1. The van der Waals surface area contributed by atoms with E-state index in [-0.39, 0.29) is 5.82 Å². The second-order valence-electron chi connectivity index (χ2n) is 4.88. The summed E-state index contributed by atoms with van der Waals surface area (Å²) in [5.74, 6) is -0.754. The molecule has 0 aromatic heterocycles. The monoisotopic (exact) mass is 309 g/mol. The zero-order chi connectivity index (χ0) is 16.4. The first-order chi connectivity index (χ1) is 10.6. The molecular formula is C15H20FN3O3. The van der Waals surface area contributed by atoms with Gasteiger partial charge in [-0.1, -0.05) is 23.7 Å². The third-order valence-corrected chi connectivity index (χ3v) is 3.17. The van der Waals surface area contributed by atoms with Gasteiger partial charge in [-0.2, -0.15) is 0 Å². The van der Waals surface area contributed by atoms with Gasteiger partial charge in [-0.3, -0.25) is 4.79 Å². The third kappa shape index (κ3) is 6.11. The largest absolute Gasteiger partial charge is 0.469 e. The van der Waals surface area contributed by atoms with E-state index in [1.807, 2.05) is 0 Å². The summed E-state index contributed by atoms with van der Waals surface area (Å²) in [6.45, 7) is 2.64. The second kappa shape index (κ2) is 9.76. The van der Waals surface area contributed by atoms with Crippen LogP contribution in [0, 0.1) is 12.7 Å². The molecule has 1 atom stereocenters. The van der Waals surface area contributed by atoms with E-state index in [2.05, 4.69) is 14.8 Å². The summed E-state index contributed by atoms with van der Waals surface area (Å²) < 4.78 is 23.2. The molecule has 0 aliphatic rings.